The van der Waals surface area contributed by atoms with Crippen LogP contribution in [-0.2, 0) is 10.5 Å². The van der Waals surface area contributed by atoms with Gasteiger partial charge in [-0.05, 0) is 53.9 Å². The van der Waals surface area contributed by atoms with Gasteiger partial charge in [-0.3, -0.25) is 4.79 Å². The Morgan fingerprint density at radius 3 is 2.50 bits per heavy atom. The van der Waals surface area contributed by atoms with Gasteiger partial charge in [0.15, 0.2) is 0 Å². The fourth-order valence-electron chi connectivity index (χ4n) is 3.32. The minimum absolute atomic E-state index is 0.334. The third kappa shape index (κ3) is 7.98. The summed E-state index contributed by atoms with van der Waals surface area (Å²) in [6, 6.07) is 10.7. The molecule has 0 spiro atoms. The van der Waals surface area contributed by atoms with Crippen LogP contribution in [0.15, 0.2) is 30.3 Å². The van der Waals surface area contributed by atoms with Gasteiger partial charge in [0.25, 0.3) is 0 Å². The lowest BCUT2D eigenvalue weighted by atomic mass is 9.89. The maximum atomic E-state index is 10.5. The van der Waals surface area contributed by atoms with E-state index >= 15 is 0 Å². The van der Waals surface area contributed by atoms with Gasteiger partial charge >= 0.3 is 5.97 Å². The number of aliphatic carboxylic acids is 1. The summed E-state index contributed by atoms with van der Waals surface area (Å²) in [7, 11) is 0. The molecule has 1 saturated heterocycles. The minimum Gasteiger partial charge on any atom is -0.481 e. The lowest BCUT2D eigenvalue weighted by molar-refractivity contribution is -0.137. The van der Waals surface area contributed by atoms with Crippen molar-refractivity contribution in [1.82, 2.24) is 0 Å². The molecule has 1 fully saturated rings. The van der Waals surface area contributed by atoms with Crippen LogP contribution in [-0.4, -0.2) is 28.3 Å². The molecule has 2 nitrogen and oxygen atoms in total. The Bertz CT molecular complexity index is 464. The van der Waals surface area contributed by atoms with Crippen LogP contribution in [0.2, 0.25) is 0 Å². The Morgan fingerprint density at radius 1 is 1.04 bits per heavy atom. The Morgan fingerprint density at radius 2 is 1.75 bits per heavy atom. The van der Waals surface area contributed by atoms with E-state index in [0.717, 1.165) is 30.4 Å². The summed E-state index contributed by atoms with van der Waals surface area (Å²) < 4.78 is 0. The first kappa shape index (κ1) is 19.7. The van der Waals surface area contributed by atoms with E-state index < -0.39 is 5.97 Å². The predicted octanol–water partition coefficient (Wildman–Crippen LogP) is 5.71. The molecule has 0 bridgehead atoms. The maximum Gasteiger partial charge on any atom is 0.303 e. The van der Waals surface area contributed by atoms with Gasteiger partial charge in [0.05, 0.1) is 0 Å². The third-order valence-electron chi connectivity index (χ3n) is 4.79. The molecule has 1 aromatic rings. The predicted molar refractivity (Wildman–Crippen MR) is 107 cm³/mol. The van der Waals surface area contributed by atoms with Crippen molar-refractivity contribution in [3.05, 3.63) is 35.9 Å². The van der Waals surface area contributed by atoms with Crippen LogP contribution in [0.25, 0.3) is 0 Å². The quantitative estimate of drug-likeness (QED) is 0.480. The van der Waals surface area contributed by atoms with Gasteiger partial charge in [-0.2, -0.15) is 23.5 Å². The summed E-state index contributed by atoms with van der Waals surface area (Å²) in [4.78, 5) is 10.5. The van der Waals surface area contributed by atoms with Crippen LogP contribution in [0.5, 0.6) is 0 Å². The Balaban J connectivity index is 1.53. The van der Waals surface area contributed by atoms with Crippen molar-refractivity contribution >= 4 is 29.5 Å². The first-order valence-corrected chi connectivity index (χ1v) is 11.5. The fraction of sp³-hybridized carbons (Fsp3) is 0.650. The molecular formula is C20H30O2S2. The lowest BCUT2D eigenvalue weighted by Gasteiger charge is -2.18. The number of thioether (sulfide) groups is 2. The molecule has 24 heavy (non-hydrogen) atoms. The summed E-state index contributed by atoms with van der Waals surface area (Å²) >= 11 is 4.20. The van der Waals surface area contributed by atoms with Gasteiger partial charge in [-0.1, -0.05) is 49.6 Å². The number of carboxylic acid groups (broad SMARTS) is 1. The van der Waals surface area contributed by atoms with E-state index in [-0.39, 0.29) is 0 Å². The molecule has 1 aliphatic heterocycles. The maximum absolute atomic E-state index is 10.5. The first-order valence-electron chi connectivity index (χ1n) is 9.17. The second-order valence-corrected chi connectivity index (χ2v) is 8.91. The Kier molecular flexibility index (Phi) is 9.74. The van der Waals surface area contributed by atoms with Crippen LogP contribution >= 0.6 is 23.5 Å². The second-order valence-electron chi connectivity index (χ2n) is 6.73. The number of carboxylic acids is 1. The van der Waals surface area contributed by atoms with E-state index in [4.69, 9.17) is 5.11 Å². The van der Waals surface area contributed by atoms with Crippen LogP contribution in [0, 0.1) is 11.8 Å². The molecule has 0 aliphatic carbocycles. The summed E-state index contributed by atoms with van der Waals surface area (Å²) in [5, 5.41) is 8.65. The summed E-state index contributed by atoms with van der Waals surface area (Å²) in [5.41, 5.74) is 1.43. The Labute approximate surface area is 155 Å². The van der Waals surface area contributed by atoms with Gasteiger partial charge in [0, 0.05) is 12.2 Å². The molecule has 2 atom stereocenters. The van der Waals surface area contributed by atoms with Gasteiger partial charge in [-0.25, -0.2) is 0 Å². The third-order valence-corrected chi connectivity index (χ3v) is 7.18. The zero-order valence-electron chi connectivity index (χ0n) is 14.5. The van der Waals surface area contributed by atoms with Crippen molar-refractivity contribution in [3.8, 4) is 0 Å². The lowest BCUT2D eigenvalue weighted by Crippen LogP contribution is -2.13. The number of rotatable bonds is 12. The molecule has 0 radical (unpaired) electrons. The molecule has 0 amide bonds. The number of hydrogen-bond acceptors (Lipinski definition) is 3. The highest BCUT2D eigenvalue weighted by Gasteiger charge is 2.26. The highest BCUT2D eigenvalue weighted by atomic mass is 32.2. The number of carbonyl (C=O) groups is 1. The van der Waals surface area contributed by atoms with Crippen LogP contribution < -0.4 is 0 Å². The van der Waals surface area contributed by atoms with Crippen molar-refractivity contribution in [1.29, 1.82) is 0 Å². The van der Waals surface area contributed by atoms with Crippen molar-refractivity contribution in [2.75, 3.05) is 17.3 Å². The van der Waals surface area contributed by atoms with Crippen molar-refractivity contribution in [2.24, 2.45) is 11.8 Å². The molecule has 134 valence electrons. The molecule has 2 rings (SSSR count). The largest absolute Gasteiger partial charge is 0.481 e. The average molecular weight is 367 g/mol. The molecule has 1 heterocycles. The van der Waals surface area contributed by atoms with E-state index in [1.54, 1.807) is 0 Å². The van der Waals surface area contributed by atoms with Gasteiger partial charge in [0.1, 0.15) is 0 Å². The van der Waals surface area contributed by atoms with E-state index in [2.05, 4.69) is 53.9 Å². The molecule has 0 aromatic heterocycles. The monoisotopic (exact) mass is 366 g/mol. The molecule has 2 unspecified atom stereocenters. The van der Waals surface area contributed by atoms with Crippen LogP contribution in [0.3, 0.4) is 0 Å². The number of hydrogen-bond donors (Lipinski definition) is 1. The molecular weight excluding hydrogens is 336 g/mol. The standard InChI is InChI=1S/C20H30O2S2/c21-20(22)11-7-2-1-6-10-18-15-24-16-19(18)12-13-23-14-17-8-4-3-5-9-17/h3-5,8-9,18-19H,1-2,6-7,10-16H2,(H,21,22). The van der Waals surface area contributed by atoms with E-state index in [0.29, 0.717) is 6.42 Å². The number of benzene rings is 1. The SMILES string of the molecule is O=C(O)CCCCCCC1CSCC1CCSCc1ccccc1. The average Bonchev–Trinajstić information content (AvgIpc) is 3.03. The van der Waals surface area contributed by atoms with E-state index in [9.17, 15) is 4.79 Å². The van der Waals surface area contributed by atoms with Crippen molar-refractivity contribution in [2.45, 2.75) is 50.7 Å². The zero-order valence-corrected chi connectivity index (χ0v) is 16.1. The smallest absolute Gasteiger partial charge is 0.303 e. The summed E-state index contributed by atoms with van der Waals surface area (Å²) in [6.07, 6.45) is 7.42. The van der Waals surface area contributed by atoms with Crippen molar-refractivity contribution < 1.29 is 9.90 Å². The van der Waals surface area contributed by atoms with Gasteiger partial charge < -0.3 is 5.11 Å². The molecule has 4 heteroatoms. The summed E-state index contributed by atoms with van der Waals surface area (Å²) in [5.74, 6) is 6.22. The van der Waals surface area contributed by atoms with E-state index in [1.165, 1.54) is 48.5 Å². The zero-order chi connectivity index (χ0) is 17.0. The van der Waals surface area contributed by atoms with Crippen LogP contribution in [0.1, 0.15) is 50.5 Å². The molecule has 1 aliphatic rings. The fourth-order valence-corrected chi connectivity index (χ4v) is 5.98. The van der Waals surface area contributed by atoms with Crippen molar-refractivity contribution in [3.63, 3.8) is 0 Å². The normalized spacial score (nSPS) is 20.3. The Hall–Kier alpha value is -0.610. The molecule has 1 N–H and O–H groups in total. The molecule has 0 saturated carbocycles. The molecule has 1 aromatic carbocycles. The van der Waals surface area contributed by atoms with Gasteiger partial charge in [0.2, 0.25) is 0 Å². The minimum atomic E-state index is -0.657. The topological polar surface area (TPSA) is 37.3 Å². The van der Waals surface area contributed by atoms with Crippen LogP contribution in [0.4, 0.5) is 0 Å². The highest BCUT2D eigenvalue weighted by molar-refractivity contribution is 7.99. The van der Waals surface area contributed by atoms with Gasteiger partial charge in [-0.15, -0.1) is 0 Å². The van der Waals surface area contributed by atoms with E-state index in [1.807, 2.05) is 0 Å². The number of unbranched alkanes of at least 4 members (excludes halogenated alkanes) is 3. The first-order chi connectivity index (χ1) is 11.8. The second kappa shape index (κ2) is 11.9. The highest BCUT2D eigenvalue weighted by Crippen LogP contribution is 2.36. The summed E-state index contributed by atoms with van der Waals surface area (Å²) in [6.45, 7) is 0.